The minimum atomic E-state index is -0.325. The first kappa shape index (κ1) is 26.3. The molecule has 5 rings (SSSR count). The molecule has 198 valence electrons. The minimum Gasteiger partial charge on any atom is -0.442 e. The number of carbonyl (C=O) groups is 1. The average Bonchev–Trinajstić information content (AvgIpc) is 3.60. The maximum atomic E-state index is 13.7. The van der Waals surface area contributed by atoms with Crippen molar-refractivity contribution in [3.63, 3.8) is 0 Å². The van der Waals surface area contributed by atoms with Crippen molar-refractivity contribution in [3.05, 3.63) is 76.4 Å². The lowest BCUT2D eigenvalue weighted by Gasteiger charge is -2.33. The summed E-state index contributed by atoms with van der Waals surface area (Å²) in [6, 6.07) is 11.5. The average molecular weight is 547 g/mol. The smallest absolute Gasteiger partial charge is 0.225 e. The van der Waals surface area contributed by atoms with E-state index in [0.717, 1.165) is 37.4 Å². The van der Waals surface area contributed by atoms with Crippen molar-refractivity contribution >= 4 is 29.1 Å². The van der Waals surface area contributed by atoms with Crippen LogP contribution < -0.4 is 4.74 Å². The van der Waals surface area contributed by atoms with Crippen molar-refractivity contribution in [2.45, 2.75) is 37.6 Å². The molecule has 2 aromatic carbocycles. The number of hydrogen-bond acceptors (Lipinski definition) is 4. The van der Waals surface area contributed by atoms with Gasteiger partial charge in [-0.2, -0.15) is 0 Å². The van der Waals surface area contributed by atoms with Gasteiger partial charge in [0.25, 0.3) is 0 Å². The van der Waals surface area contributed by atoms with E-state index < -0.39 is 0 Å². The summed E-state index contributed by atoms with van der Waals surface area (Å²) in [6.45, 7) is 8.48. The summed E-state index contributed by atoms with van der Waals surface area (Å²) in [5, 5.41) is 0.998. The number of likely N-dealkylation sites (tertiary alicyclic amines) is 2. The number of amides is 1. The van der Waals surface area contributed by atoms with E-state index in [9.17, 15) is 9.18 Å². The lowest BCUT2D eigenvalue weighted by Crippen LogP contribution is -2.43. The second kappa shape index (κ2) is 11.2. The van der Waals surface area contributed by atoms with Crippen LogP contribution in [-0.4, -0.2) is 66.4 Å². The van der Waals surface area contributed by atoms with Gasteiger partial charge in [0.15, 0.2) is 5.88 Å². The molecule has 0 N–H and O–H groups in total. The topological polar surface area (TPSA) is 36.0 Å². The van der Waals surface area contributed by atoms with Crippen molar-refractivity contribution in [3.8, 4) is 5.75 Å². The predicted molar refractivity (Wildman–Crippen MR) is 145 cm³/mol. The largest absolute Gasteiger partial charge is 0.442 e. The molecule has 0 aromatic heterocycles. The van der Waals surface area contributed by atoms with Crippen molar-refractivity contribution < 1.29 is 13.9 Å². The number of ether oxygens (including phenoxy) is 1. The van der Waals surface area contributed by atoms with Gasteiger partial charge >= 0.3 is 0 Å². The Kier molecular flexibility index (Phi) is 7.99. The molecular weight excluding hydrogens is 512 g/mol. The molecule has 0 bridgehead atoms. The predicted octanol–water partition coefficient (Wildman–Crippen LogP) is 6.03. The van der Waals surface area contributed by atoms with Crippen LogP contribution in [0.5, 0.6) is 5.75 Å². The molecule has 1 saturated carbocycles. The summed E-state index contributed by atoms with van der Waals surface area (Å²) in [5.41, 5.74) is 1.02. The summed E-state index contributed by atoms with van der Waals surface area (Å²) in [6.07, 6.45) is 4.54. The standard InChI is InChI=1S/C29H34Cl2FN3O2/c1-19(37-24-8-6-23(32)7-9-24)33(2)28-18-35(17-25(28)22-5-10-26(30)27(31)15-22)29(36)21-11-13-34(14-12-21)16-20-3-4-20/h5-10,15,20-21,25,28H,1,3-4,11-14,16-18H2,2H3/t25-,28+/m1/s1. The first-order valence-electron chi connectivity index (χ1n) is 13.1. The van der Waals surface area contributed by atoms with Gasteiger partial charge in [0, 0.05) is 38.5 Å². The molecule has 1 amide bonds. The van der Waals surface area contributed by atoms with Crippen LogP contribution >= 0.6 is 23.2 Å². The van der Waals surface area contributed by atoms with Crippen molar-refractivity contribution in [1.82, 2.24) is 14.7 Å². The Morgan fingerprint density at radius 3 is 2.41 bits per heavy atom. The number of rotatable bonds is 8. The van der Waals surface area contributed by atoms with E-state index in [1.807, 2.05) is 29.0 Å². The van der Waals surface area contributed by atoms with Gasteiger partial charge in [-0.05, 0) is 93.2 Å². The third-order valence-corrected chi connectivity index (χ3v) is 8.80. The van der Waals surface area contributed by atoms with Crippen LogP contribution in [0, 0.1) is 17.7 Å². The summed E-state index contributed by atoms with van der Waals surface area (Å²) in [7, 11) is 1.92. The molecule has 1 aliphatic carbocycles. The van der Waals surface area contributed by atoms with Gasteiger partial charge in [-0.1, -0.05) is 29.3 Å². The quantitative estimate of drug-likeness (QED) is 0.379. The van der Waals surface area contributed by atoms with Crippen LogP contribution in [0.4, 0.5) is 4.39 Å². The molecule has 8 heteroatoms. The third kappa shape index (κ3) is 6.24. The summed E-state index contributed by atoms with van der Waals surface area (Å²) >= 11 is 12.6. The molecule has 2 saturated heterocycles. The first-order valence-corrected chi connectivity index (χ1v) is 13.9. The molecule has 3 aliphatic rings. The Morgan fingerprint density at radius 1 is 1.05 bits per heavy atom. The van der Waals surface area contributed by atoms with Crippen LogP contribution in [0.1, 0.15) is 37.2 Å². The molecule has 2 aliphatic heterocycles. The van der Waals surface area contributed by atoms with E-state index in [-0.39, 0.29) is 29.6 Å². The molecule has 2 atom stereocenters. The summed E-state index contributed by atoms with van der Waals surface area (Å²) in [4.78, 5) is 20.2. The van der Waals surface area contributed by atoms with Crippen LogP contribution in [0.15, 0.2) is 54.9 Å². The van der Waals surface area contributed by atoms with E-state index in [4.69, 9.17) is 27.9 Å². The van der Waals surface area contributed by atoms with Crippen molar-refractivity contribution in [2.24, 2.45) is 11.8 Å². The lowest BCUT2D eigenvalue weighted by molar-refractivity contribution is -0.136. The van der Waals surface area contributed by atoms with E-state index in [1.54, 1.807) is 18.2 Å². The third-order valence-electron chi connectivity index (χ3n) is 8.06. The Balaban J connectivity index is 1.30. The SMILES string of the molecule is C=C(Oc1ccc(F)cc1)N(C)[C@H]1CN(C(=O)C2CCN(CC3CC3)CC2)C[C@@H]1c1ccc(Cl)c(Cl)c1. The van der Waals surface area contributed by atoms with Crippen LogP contribution in [0.2, 0.25) is 10.0 Å². The zero-order valence-electron chi connectivity index (χ0n) is 21.2. The van der Waals surface area contributed by atoms with Gasteiger partial charge in [0.05, 0.1) is 16.1 Å². The van der Waals surface area contributed by atoms with Crippen molar-refractivity contribution in [1.29, 1.82) is 0 Å². The molecule has 0 radical (unpaired) electrons. The van der Waals surface area contributed by atoms with Gasteiger partial charge in [-0.3, -0.25) is 4.79 Å². The number of nitrogens with zero attached hydrogens (tertiary/aromatic N) is 3. The second-order valence-corrected chi connectivity index (χ2v) is 11.5. The highest BCUT2D eigenvalue weighted by atomic mass is 35.5. The normalized spacial score (nSPS) is 22.8. The van der Waals surface area contributed by atoms with Crippen LogP contribution in [0.25, 0.3) is 0 Å². The Labute approximate surface area is 228 Å². The number of likely N-dealkylation sites (N-methyl/N-ethyl adjacent to an activating group) is 1. The minimum absolute atomic E-state index is 0.00670. The van der Waals surface area contributed by atoms with E-state index >= 15 is 0 Å². The zero-order valence-corrected chi connectivity index (χ0v) is 22.7. The van der Waals surface area contributed by atoms with Crippen LogP contribution in [-0.2, 0) is 4.79 Å². The van der Waals surface area contributed by atoms with Gasteiger partial charge < -0.3 is 19.4 Å². The van der Waals surface area contributed by atoms with E-state index in [2.05, 4.69) is 11.5 Å². The Hall–Kier alpha value is -2.28. The molecule has 37 heavy (non-hydrogen) atoms. The highest BCUT2D eigenvalue weighted by molar-refractivity contribution is 6.42. The molecule has 0 spiro atoms. The lowest BCUT2D eigenvalue weighted by atomic mass is 9.93. The van der Waals surface area contributed by atoms with Gasteiger partial charge in [0.1, 0.15) is 11.6 Å². The molecule has 5 nitrogen and oxygen atoms in total. The number of hydrogen-bond donors (Lipinski definition) is 0. The van der Waals surface area contributed by atoms with Gasteiger partial charge in [-0.25, -0.2) is 4.39 Å². The molecule has 0 unspecified atom stereocenters. The van der Waals surface area contributed by atoms with Crippen LogP contribution in [0.3, 0.4) is 0 Å². The first-order chi connectivity index (χ1) is 17.8. The Morgan fingerprint density at radius 2 is 1.76 bits per heavy atom. The number of carbonyl (C=O) groups excluding carboxylic acids is 1. The second-order valence-electron chi connectivity index (χ2n) is 10.7. The van der Waals surface area contributed by atoms with Gasteiger partial charge in [-0.15, -0.1) is 0 Å². The fourth-order valence-corrected chi connectivity index (χ4v) is 5.92. The fraction of sp³-hybridized carbons (Fsp3) is 0.483. The number of benzene rings is 2. The summed E-state index contributed by atoms with van der Waals surface area (Å²) < 4.78 is 19.3. The highest BCUT2D eigenvalue weighted by Gasteiger charge is 2.41. The van der Waals surface area contributed by atoms with Crippen molar-refractivity contribution in [2.75, 3.05) is 39.8 Å². The van der Waals surface area contributed by atoms with E-state index in [1.165, 1.54) is 31.5 Å². The molecule has 3 fully saturated rings. The monoisotopic (exact) mass is 545 g/mol. The summed E-state index contributed by atoms with van der Waals surface area (Å²) in [5.74, 6) is 1.79. The maximum absolute atomic E-state index is 13.7. The molecule has 2 heterocycles. The Bertz CT molecular complexity index is 1130. The van der Waals surface area contributed by atoms with E-state index in [0.29, 0.717) is 34.8 Å². The number of piperidine rings is 1. The molecule has 2 aromatic rings. The number of halogens is 3. The fourth-order valence-electron chi connectivity index (χ4n) is 5.61. The molecular formula is C29H34Cl2FN3O2. The highest BCUT2D eigenvalue weighted by Crippen LogP contribution is 2.37. The maximum Gasteiger partial charge on any atom is 0.225 e. The van der Waals surface area contributed by atoms with Gasteiger partial charge in [0.2, 0.25) is 5.91 Å². The zero-order chi connectivity index (χ0) is 26.1.